The van der Waals surface area contributed by atoms with Crippen LogP contribution in [-0.2, 0) is 9.53 Å². The highest BCUT2D eigenvalue weighted by molar-refractivity contribution is 5.87. The summed E-state index contributed by atoms with van der Waals surface area (Å²) in [7, 11) is 0. The van der Waals surface area contributed by atoms with Crippen LogP contribution in [-0.4, -0.2) is 11.6 Å². The lowest BCUT2D eigenvalue weighted by Gasteiger charge is -2.51. The predicted molar refractivity (Wildman–Crippen MR) is 56.9 cm³/mol. The predicted octanol–water partition coefficient (Wildman–Crippen LogP) is 3.07. The molecule has 0 spiro atoms. The van der Waals surface area contributed by atoms with E-state index in [1.54, 1.807) is 6.92 Å². The smallest absolute Gasteiger partial charge is 0.333 e. The number of carbonyl (C=O) groups excluding carboxylic acids is 1. The fraction of sp³-hybridized carbons (Fsp3) is 0.750. The Hall–Kier alpha value is -0.790. The first kappa shape index (κ1) is 11.3. The minimum absolute atomic E-state index is 0.209. The van der Waals surface area contributed by atoms with Crippen molar-refractivity contribution in [3.8, 4) is 0 Å². The summed E-state index contributed by atoms with van der Waals surface area (Å²) in [5.41, 5.74) is 0.604. The lowest BCUT2D eigenvalue weighted by atomic mass is 9.60. The number of rotatable bonds is 3. The Morgan fingerprint density at radius 3 is 2.21 bits per heavy atom. The summed E-state index contributed by atoms with van der Waals surface area (Å²) in [4.78, 5) is 11.4. The van der Waals surface area contributed by atoms with Gasteiger partial charge in [0, 0.05) is 5.57 Å². The Morgan fingerprint density at radius 2 is 1.93 bits per heavy atom. The Balaban J connectivity index is 2.58. The lowest BCUT2D eigenvalue weighted by Crippen LogP contribution is -2.51. The quantitative estimate of drug-likeness (QED) is 0.512. The molecule has 0 bridgehead atoms. The van der Waals surface area contributed by atoms with E-state index in [-0.39, 0.29) is 11.6 Å². The van der Waals surface area contributed by atoms with Gasteiger partial charge in [-0.2, -0.15) is 0 Å². The highest BCUT2D eigenvalue weighted by Gasteiger charge is 2.50. The van der Waals surface area contributed by atoms with E-state index in [0.717, 1.165) is 19.3 Å². The van der Waals surface area contributed by atoms with Gasteiger partial charge in [0.05, 0.1) is 0 Å². The molecule has 80 valence electrons. The van der Waals surface area contributed by atoms with Crippen molar-refractivity contribution in [1.29, 1.82) is 0 Å². The van der Waals surface area contributed by atoms with Gasteiger partial charge in [0.25, 0.3) is 0 Å². The van der Waals surface area contributed by atoms with Crippen molar-refractivity contribution >= 4 is 5.97 Å². The maximum absolute atomic E-state index is 11.4. The molecule has 2 heteroatoms. The topological polar surface area (TPSA) is 26.3 Å². The third-order valence-corrected chi connectivity index (χ3v) is 2.90. The minimum atomic E-state index is -0.248. The van der Waals surface area contributed by atoms with Crippen molar-refractivity contribution in [3.63, 3.8) is 0 Å². The zero-order valence-corrected chi connectivity index (χ0v) is 9.64. The summed E-state index contributed by atoms with van der Waals surface area (Å²) < 4.78 is 5.48. The van der Waals surface area contributed by atoms with Gasteiger partial charge in [-0.3, -0.25) is 0 Å². The molecule has 0 aromatic heterocycles. The van der Waals surface area contributed by atoms with Gasteiger partial charge in [0.2, 0.25) is 0 Å². The molecule has 0 heterocycles. The number of hydrogen-bond donors (Lipinski definition) is 0. The summed E-state index contributed by atoms with van der Waals surface area (Å²) in [5, 5.41) is 0. The van der Waals surface area contributed by atoms with E-state index >= 15 is 0 Å². The molecule has 0 saturated heterocycles. The van der Waals surface area contributed by atoms with Crippen molar-refractivity contribution in [1.82, 2.24) is 0 Å². The van der Waals surface area contributed by atoms with E-state index in [1.165, 1.54) is 0 Å². The van der Waals surface area contributed by atoms with Crippen LogP contribution in [0.3, 0.4) is 0 Å². The molecule has 2 nitrogen and oxygen atoms in total. The van der Waals surface area contributed by atoms with Gasteiger partial charge in [-0.05, 0) is 31.6 Å². The number of hydrogen-bond acceptors (Lipinski definition) is 2. The van der Waals surface area contributed by atoms with Crippen molar-refractivity contribution in [2.24, 2.45) is 5.41 Å². The lowest BCUT2D eigenvalue weighted by molar-refractivity contribution is -0.182. The van der Waals surface area contributed by atoms with E-state index in [0.29, 0.717) is 11.0 Å². The zero-order valence-electron chi connectivity index (χ0n) is 9.64. The van der Waals surface area contributed by atoms with Crippen LogP contribution in [0.5, 0.6) is 0 Å². The Labute approximate surface area is 86.3 Å². The molecule has 0 aliphatic heterocycles. The van der Waals surface area contributed by atoms with Crippen LogP contribution >= 0.6 is 0 Å². The van der Waals surface area contributed by atoms with E-state index in [9.17, 15) is 4.79 Å². The normalized spacial score (nSPS) is 22.3. The van der Waals surface area contributed by atoms with Gasteiger partial charge >= 0.3 is 5.97 Å². The summed E-state index contributed by atoms with van der Waals surface area (Å²) >= 11 is 0. The highest BCUT2D eigenvalue weighted by atomic mass is 16.6. The molecule has 1 aliphatic carbocycles. The Bertz CT molecular complexity index is 255. The van der Waals surface area contributed by atoms with E-state index in [4.69, 9.17) is 4.74 Å². The second kappa shape index (κ2) is 3.41. The minimum Gasteiger partial charge on any atom is -0.456 e. The van der Waals surface area contributed by atoms with Gasteiger partial charge in [0.15, 0.2) is 0 Å². The molecule has 1 fully saturated rings. The summed E-state index contributed by atoms with van der Waals surface area (Å²) in [6, 6.07) is 0. The van der Waals surface area contributed by atoms with Gasteiger partial charge in [-0.1, -0.05) is 27.4 Å². The molecule has 0 N–H and O–H groups in total. The number of ether oxygens (including phenoxy) is 1. The van der Waals surface area contributed by atoms with E-state index < -0.39 is 0 Å². The van der Waals surface area contributed by atoms with Crippen molar-refractivity contribution in [2.75, 3.05) is 0 Å². The zero-order chi connectivity index (χ0) is 11.0. The van der Waals surface area contributed by atoms with Crippen LogP contribution in [0.15, 0.2) is 12.2 Å². The highest BCUT2D eigenvalue weighted by Crippen LogP contribution is 2.51. The maximum atomic E-state index is 11.4. The molecule has 1 rings (SSSR count). The van der Waals surface area contributed by atoms with Crippen LogP contribution in [0.4, 0.5) is 0 Å². The van der Waals surface area contributed by atoms with Crippen molar-refractivity contribution < 1.29 is 9.53 Å². The number of carbonyl (C=O) groups is 1. The molecular formula is C12H20O2. The van der Waals surface area contributed by atoms with Crippen LogP contribution in [0.25, 0.3) is 0 Å². The van der Waals surface area contributed by atoms with E-state index in [1.807, 2.05) is 0 Å². The van der Waals surface area contributed by atoms with Crippen molar-refractivity contribution in [3.05, 3.63) is 12.2 Å². The summed E-state index contributed by atoms with van der Waals surface area (Å²) in [6.07, 6.45) is 2.83. The largest absolute Gasteiger partial charge is 0.456 e. The van der Waals surface area contributed by atoms with Gasteiger partial charge in [-0.15, -0.1) is 0 Å². The first-order valence-corrected chi connectivity index (χ1v) is 5.19. The maximum Gasteiger partial charge on any atom is 0.333 e. The standard InChI is InChI=1S/C12H20O2/c1-6-12(7-11(4,5)8-12)14-10(13)9(2)3/h2,6-8H2,1,3-5H3. The molecule has 1 aliphatic rings. The first-order valence-electron chi connectivity index (χ1n) is 5.19. The van der Waals surface area contributed by atoms with Crippen LogP contribution in [0.1, 0.15) is 47.0 Å². The van der Waals surface area contributed by atoms with Gasteiger partial charge in [0.1, 0.15) is 5.60 Å². The van der Waals surface area contributed by atoms with Gasteiger partial charge in [-0.25, -0.2) is 4.79 Å². The Morgan fingerprint density at radius 1 is 1.43 bits per heavy atom. The molecule has 0 radical (unpaired) electrons. The second-order valence-electron chi connectivity index (χ2n) is 5.22. The van der Waals surface area contributed by atoms with Crippen molar-refractivity contribution in [2.45, 2.75) is 52.6 Å². The summed E-state index contributed by atoms with van der Waals surface area (Å²) in [6.45, 7) is 11.8. The molecule has 0 amide bonds. The molecular weight excluding hydrogens is 176 g/mol. The average Bonchev–Trinajstić information content (AvgIpc) is 2.00. The fourth-order valence-corrected chi connectivity index (χ4v) is 2.37. The monoisotopic (exact) mass is 196 g/mol. The van der Waals surface area contributed by atoms with Crippen LogP contribution in [0, 0.1) is 5.41 Å². The third-order valence-electron chi connectivity index (χ3n) is 2.90. The SMILES string of the molecule is C=C(C)C(=O)OC1(CC)CC(C)(C)C1. The fourth-order valence-electron chi connectivity index (χ4n) is 2.37. The average molecular weight is 196 g/mol. The van der Waals surface area contributed by atoms with E-state index in [2.05, 4.69) is 27.4 Å². The van der Waals surface area contributed by atoms with Gasteiger partial charge < -0.3 is 4.74 Å². The molecule has 1 saturated carbocycles. The molecule has 0 unspecified atom stereocenters. The molecule has 0 aromatic rings. The molecule has 14 heavy (non-hydrogen) atoms. The Kier molecular flexibility index (Phi) is 2.75. The number of esters is 1. The second-order valence-corrected chi connectivity index (χ2v) is 5.22. The molecule has 0 aromatic carbocycles. The van der Waals surface area contributed by atoms with Crippen LogP contribution in [0.2, 0.25) is 0 Å². The third kappa shape index (κ3) is 2.17. The molecule has 0 atom stereocenters. The van der Waals surface area contributed by atoms with Crippen LogP contribution < -0.4 is 0 Å². The first-order chi connectivity index (χ1) is 6.30. The summed E-state index contributed by atoms with van der Waals surface area (Å²) in [5.74, 6) is -0.248.